The summed E-state index contributed by atoms with van der Waals surface area (Å²) in [6, 6.07) is 2.73. The minimum Gasteiger partial charge on any atom is -0.477 e. The van der Waals surface area contributed by atoms with E-state index >= 15 is 0 Å². The summed E-state index contributed by atoms with van der Waals surface area (Å²) in [4.78, 5) is 25.5. The van der Waals surface area contributed by atoms with Crippen molar-refractivity contribution in [2.45, 2.75) is 6.18 Å². The second kappa shape index (κ2) is 4.26. The first-order valence-corrected chi connectivity index (χ1v) is 4.79. The number of hydrogen-bond acceptors (Lipinski definition) is 4. The summed E-state index contributed by atoms with van der Waals surface area (Å²) in [5.74, 6) is -4.69. The number of furan rings is 1. The Morgan fingerprint density at radius 2 is 2.05 bits per heavy atom. The number of alkyl halides is 3. The van der Waals surface area contributed by atoms with Gasteiger partial charge in [0.25, 0.3) is 0 Å². The summed E-state index contributed by atoms with van der Waals surface area (Å²) in [5, 5.41) is 10.3. The maximum absolute atomic E-state index is 12.1. The lowest BCUT2D eigenvalue weighted by Gasteiger charge is -2.05. The molecule has 19 heavy (non-hydrogen) atoms. The molecule has 2 aromatic heterocycles. The predicted octanol–water partition coefficient (Wildman–Crippen LogP) is 2.03. The van der Waals surface area contributed by atoms with Crippen molar-refractivity contribution in [3.8, 4) is 0 Å². The van der Waals surface area contributed by atoms with E-state index in [1.54, 1.807) is 0 Å². The van der Waals surface area contributed by atoms with E-state index in [2.05, 4.69) is 4.98 Å². The summed E-state index contributed by atoms with van der Waals surface area (Å²) in [6.45, 7) is 0. The maximum atomic E-state index is 12.1. The Hall–Kier alpha value is -2.58. The molecule has 0 saturated carbocycles. The normalized spacial score (nSPS) is 11.5. The molecule has 2 heterocycles. The fourth-order valence-electron chi connectivity index (χ4n) is 1.39. The number of carbonyl (C=O) groups is 2. The molecule has 0 aromatic carbocycles. The van der Waals surface area contributed by atoms with Crippen LogP contribution in [0.5, 0.6) is 0 Å². The zero-order valence-electron chi connectivity index (χ0n) is 8.99. The smallest absolute Gasteiger partial charge is 0.471 e. The van der Waals surface area contributed by atoms with Gasteiger partial charge in [-0.1, -0.05) is 0 Å². The third-order valence-electron chi connectivity index (χ3n) is 2.14. The molecule has 6 nitrogen and oxygen atoms in total. The number of anilines is 1. The van der Waals surface area contributed by atoms with Crippen LogP contribution in [0.3, 0.4) is 0 Å². The highest BCUT2D eigenvalue weighted by atomic mass is 19.4. The van der Waals surface area contributed by atoms with Gasteiger partial charge in [0.05, 0.1) is 0 Å². The average Bonchev–Trinajstić information content (AvgIpc) is 2.65. The second-order valence-corrected chi connectivity index (χ2v) is 3.41. The third kappa shape index (κ3) is 2.34. The van der Waals surface area contributed by atoms with Gasteiger partial charge < -0.3 is 9.52 Å². The molecule has 0 unspecified atom stereocenters. The number of pyridine rings is 1. The summed E-state index contributed by atoms with van der Waals surface area (Å²) < 4.78 is 41.2. The van der Waals surface area contributed by atoms with Gasteiger partial charge in [0, 0.05) is 6.20 Å². The van der Waals surface area contributed by atoms with E-state index < -0.39 is 29.5 Å². The van der Waals surface area contributed by atoms with Gasteiger partial charge in [0.2, 0.25) is 5.88 Å². The van der Waals surface area contributed by atoms with Crippen molar-refractivity contribution >= 4 is 28.9 Å². The number of aromatic nitrogens is 1. The number of hydrogen-bond donors (Lipinski definition) is 2. The molecule has 2 aromatic rings. The van der Waals surface area contributed by atoms with Crippen LogP contribution < -0.4 is 5.32 Å². The lowest BCUT2D eigenvalue weighted by molar-refractivity contribution is -0.167. The highest BCUT2D eigenvalue weighted by molar-refractivity contribution is 6.08. The molecule has 0 spiro atoms. The molecule has 0 aliphatic heterocycles. The quantitative estimate of drug-likeness (QED) is 0.874. The summed E-state index contributed by atoms with van der Waals surface area (Å²) in [6.07, 6.45) is -3.90. The van der Waals surface area contributed by atoms with Crippen LogP contribution in [0.2, 0.25) is 0 Å². The Morgan fingerprint density at radius 1 is 1.37 bits per heavy atom. The molecule has 0 fully saturated rings. The number of carbonyl (C=O) groups excluding carboxylic acids is 1. The SMILES string of the molecule is O=C(O)c1c(NC(=O)C(F)(F)F)oc2cccnc12. The number of carboxylic acid groups (broad SMARTS) is 1. The number of nitrogens with zero attached hydrogens (tertiary/aromatic N) is 1. The predicted molar refractivity (Wildman–Crippen MR) is 55.7 cm³/mol. The van der Waals surface area contributed by atoms with Crippen molar-refractivity contribution in [2.24, 2.45) is 0 Å². The Kier molecular flexibility index (Phi) is 2.89. The van der Waals surface area contributed by atoms with E-state index in [4.69, 9.17) is 9.52 Å². The first kappa shape index (κ1) is 12.9. The largest absolute Gasteiger partial charge is 0.477 e. The van der Waals surface area contributed by atoms with Crippen molar-refractivity contribution in [3.05, 3.63) is 23.9 Å². The summed E-state index contributed by atoms with van der Waals surface area (Å²) >= 11 is 0. The Morgan fingerprint density at radius 3 is 2.63 bits per heavy atom. The number of amides is 1. The molecule has 0 radical (unpaired) electrons. The van der Waals surface area contributed by atoms with Gasteiger partial charge in [-0.2, -0.15) is 13.2 Å². The number of rotatable bonds is 2. The first-order valence-electron chi connectivity index (χ1n) is 4.79. The molecule has 0 bridgehead atoms. The van der Waals surface area contributed by atoms with Crippen molar-refractivity contribution < 1.29 is 32.3 Å². The number of nitrogens with one attached hydrogen (secondary N) is 1. The molecule has 0 saturated heterocycles. The van der Waals surface area contributed by atoms with Crippen LogP contribution in [0.1, 0.15) is 10.4 Å². The maximum Gasteiger partial charge on any atom is 0.471 e. The Labute approximate surface area is 102 Å². The molecule has 9 heteroatoms. The minimum atomic E-state index is -5.15. The minimum absolute atomic E-state index is 0.0441. The standard InChI is InChI=1S/C10H5F3N2O4/c11-10(12,13)9(18)15-7-5(8(16)17)6-4(19-7)2-1-3-14-6/h1-3H,(H,15,18)(H,16,17). The van der Waals surface area contributed by atoms with Crippen LogP contribution >= 0.6 is 0 Å². The third-order valence-corrected chi connectivity index (χ3v) is 2.14. The van der Waals surface area contributed by atoms with Gasteiger partial charge in [-0.3, -0.25) is 15.1 Å². The van der Waals surface area contributed by atoms with Crippen molar-refractivity contribution in [1.82, 2.24) is 4.98 Å². The molecule has 2 N–H and O–H groups in total. The van der Waals surface area contributed by atoms with Gasteiger partial charge in [0.1, 0.15) is 11.1 Å². The molecule has 1 amide bonds. The number of fused-ring (bicyclic) bond motifs is 1. The topological polar surface area (TPSA) is 92.4 Å². The van der Waals surface area contributed by atoms with E-state index in [0.717, 1.165) is 0 Å². The Balaban J connectivity index is 2.51. The van der Waals surface area contributed by atoms with Crippen molar-refractivity contribution in [3.63, 3.8) is 0 Å². The Bertz CT molecular complexity index is 662. The highest BCUT2D eigenvalue weighted by Crippen LogP contribution is 2.29. The lowest BCUT2D eigenvalue weighted by atomic mass is 10.2. The monoisotopic (exact) mass is 274 g/mol. The molecule has 2 rings (SSSR count). The molecular formula is C10H5F3N2O4. The van der Waals surface area contributed by atoms with Crippen LogP contribution in [0.25, 0.3) is 11.1 Å². The van der Waals surface area contributed by atoms with E-state index in [0.29, 0.717) is 0 Å². The van der Waals surface area contributed by atoms with Crippen molar-refractivity contribution in [2.75, 3.05) is 5.32 Å². The zero-order valence-corrected chi connectivity index (χ0v) is 8.99. The fourth-order valence-corrected chi connectivity index (χ4v) is 1.39. The van der Waals surface area contributed by atoms with E-state index in [1.807, 2.05) is 0 Å². The average molecular weight is 274 g/mol. The van der Waals surface area contributed by atoms with E-state index in [-0.39, 0.29) is 11.1 Å². The number of aromatic carboxylic acids is 1. The van der Waals surface area contributed by atoms with Crippen LogP contribution in [0.4, 0.5) is 19.1 Å². The van der Waals surface area contributed by atoms with Gasteiger partial charge in [-0.25, -0.2) is 4.79 Å². The second-order valence-electron chi connectivity index (χ2n) is 3.41. The molecule has 0 aliphatic carbocycles. The van der Waals surface area contributed by atoms with Crippen LogP contribution in [-0.2, 0) is 4.79 Å². The highest BCUT2D eigenvalue weighted by Gasteiger charge is 2.40. The van der Waals surface area contributed by atoms with Gasteiger partial charge in [-0.15, -0.1) is 0 Å². The molecule has 100 valence electrons. The fraction of sp³-hybridized carbons (Fsp3) is 0.100. The molecular weight excluding hydrogens is 269 g/mol. The van der Waals surface area contributed by atoms with E-state index in [9.17, 15) is 22.8 Å². The summed E-state index contributed by atoms with van der Waals surface area (Å²) in [7, 11) is 0. The molecule has 0 aliphatic rings. The zero-order chi connectivity index (χ0) is 14.2. The summed E-state index contributed by atoms with van der Waals surface area (Å²) in [5.41, 5.74) is -0.821. The lowest BCUT2D eigenvalue weighted by Crippen LogP contribution is -2.30. The van der Waals surface area contributed by atoms with Crippen LogP contribution in [-0.4, -0.2) is 28.1 Å². The van der Waals surface area contributed by atoms with Crippen LogP contribution in [0.15, 0.2) is 22.7 Å². The van der Waals surface area contributed by atoms with Crippen LogP contribution in [0, 0.1) is 0 Å². The number of halogens is 3. The van der Waals surface area contributed by atoms with Gasteiger partial charge in [-0.05, 0) is 12.1 Å². The number of carboxylic acids is 1. The van der Waals surface area contributed by atoms with Crippen molar-refractivity contribution in [1.29, 1.82) is 0 Å². The van der Waals surface area contributed by atoms with Gasteiger partial charge in [0.15, 0.2) is 5.58 Å². The van der Waals surface area contributed by atoms with E-state index in [1.165, 1.54) is 23.6 Å². The first-order chi connectivity index (χ1) is 8.80. The molecule has 0 atom stereocenters. The van der Waals surface area contributed by atoms with Gasteiger partial charge >= 0.3 is 18.1 Å².